The number of nitrogens with one attached hydrogen (secondary N) is 1. The molecule has 0 bridgehead atoms. The summed E-state index contributed by atoms with van der Waals surface area (Å²) in [5, 5.41) is 3.42. The number of halogens is 1. The van der Waals surface area contributed by atoms with Crippen LogP contribution in [-0.4, -0.2) is 30.4 Å². The highest BCUT2D eigenvalue weighted by molar-refractivity contribution is 6.31. The minimum atomic E-state index is -0.00770. The monoisotopic (exact) mass is 309 g/mol. The maximum absolute atomic E-state index is 12.0. The second-order valence-electron chi connectivity index (χ2n) is 5.80. The number of carbonyl (C=O) groups excluding carboxylic acids is 1. The van der Waals surface area contributed by atoms with Gasteiger partial charge in [0.2, 0.25) is 5.91 Å². The Bertz CT molecular complexity index is 486. The van der Waals surface area contributed by atoms with Gasteiger partial charge in [0.05, 0.1) is 11.4 Å². The van der Waals surface area contributed by atoms with E-state index in [1.165, 1.54) is 32.1 Å². The van der Waals surface area contributed by atoms with Gasteiger partial charge in [-0.15, -0.1) is 0 Å². The highest BCUT2D eigenvalue weighted by atomic mass is 35.5. The molecule has 1 fully saturated rings. The van der Waals surface area contributed by atoms with E-state index in [0.717, 1.165) is 6.54 Å². The molecule has 4 nitrogen and oxygen atoms in total. The average Bonchev–Trinajstić information content (AvgIpc) is 2.48. The number of carbonyl (C=O) groups is 1. The molecule has 0 heterocycles. The highest BCUT2D eigenvalue weighted by Crippen LogP contribution is 2.23. The third-order valence-corrected chi connectivity index (χ3v) is 4.41. The molecule has 116 valence electrons. The second kappa shape index (κ2) is 7.66. The Morgan fingerprint density at radius 3 is 2.76 bits per heavy atom. The first-order valence-corrected chi connectivity index (χ1v) is 7.99. The van der Waals surface area contributed by atoms with Gasteiger partial charge in [-0.3, -0.25) is 4.79 Å². The molecule has 1 aromatic carbocycles. The molecule has 0 saturated heterocycles. The fourth-order valence-corrected chi connectivity index (χ4v) is 3.02. The van der Waals surface area contributed by atoms with Gasteiger partial charge < -0.3 is 16.0 Å². The molecular formula is C16H24ClN3O. The van der Waals surface area contributed by atoms with Crippen molar-refractivity contribution in [3.8, 4) is 0 Å². The minimum Gasteiger partial charge on any atom is -0.397 e. The van der Waals surface area contributed by atoms with Crippen LogP contribution in [-0.2, 0) is 4.79 Å². The number of hydrogen-bond acceptors (Lipinski definition) is 3. The van der Waals surface area contributed by atoms with Crippen LogP contribution in [0.15, 0.2) is 18.2 Å². The van der Waals surface area contributed by atoms with E-state index in [9.17, 15) is 4.79 Å². The van der Waals surface area contributed by atoms with Crippen molar-refractivity contribution in [2.75, 3.05) is 24.6 Å². The minimum absolute atomic E-state index is 0.00770. The lowest BCUT2D eigenvalue weighted by Gasteiger charge is -2.30. The largest absolute Gasteiger partial charge is 0.397 e. The van der Waals surface area contributed by atoms with Crippen LogP contribution in [0.5, 0.6) is 0 Å². The normalized spacial score (nSPS) is 16.1. The van der Waals surface area contributed by atoms with Crippen molar-refractivity contribution in [2.24, 2.45) is 0 Å². The lowest BCUT2D eigenvalue weighted by atomic mass is 9.94. The van der Waals surface area contributed by atoms with Crippen LogP contribution in [0, 0.1) is 0 Å². The number of anilines is 2. The number of nitrogen functional groups attached to an aromatic ring is 1. The Balaban J connectivity index is 1.78. The van der Waals surface area contributed by atoms with Crippen LogP contribution in [0.1, 0.15) is 38.5 Å². The van der Waals surface area contributed by atoms with Gasteiger partial charge in [0.15, 0.2) is 0 Å². The van der Waals surface area contributed by atoms with Gasteiger partial charge in [-0.2, -0.15) is 0 Å². The number of amides is 1. The summed E-state index contributed by atoms with van der Waals surface area (Å²) >= 11 is 5.84. The molecule has 0 radical (unpaired) electrons. The van der Waals surface area contributed by atoms with Crippen molar-refractivity contribution in [2.45, 2.75) is 44.6 Å². The van der Waals surface area contributed by atoms with Gasteiger partial charge in [0.1, 0.15) is 0 Å². The zero-order valence-electron chi connectivity index (χ0n) is 12.6. The fourth-order valence-electron chi connectivity index (χ4n) is 2.84. The summed E-state index contributed by atoms with van der Waals surface area (Å²) in [6.45, 7) is 0.782. The Labute approximate surface area is 131 Å². The van der Waals surface area contributed by atoms with Crippen molar-refractivity contribution < 1.29 is 4.79 Å². The topological polar surface area (TPSA) is 58.4 Å². The summed E-state index contributed by atoms with van der Waals surface area (Å²) < 4.78 is 0. The summed E-state index contributed by atoms with van der Waals surface area (Å²) in [5.41, 5.74) is 6.96. The first-order valence-electron chi connectivity index (χ1n) is 7.61. The molecule has 1 saturated carbocycles. The molecular weight excluding hydrogens is 286 g/mol. The summed E-state index contributed by atoms with van der Waals surface area (Å²) in [7, 11) is 2.11. The second-order valence-corrected chi connectivity index (χ2v) is 6.24. The van der Waals surface area contributed by atoms with Crippen LogP contribution in [0.25, 0.3) is 0 Å². The number of nitrogens with two attached hydrogens (primary N) is 1. The Morgan fingerprint density at radius 2 is 2.10 bits per heavy atom. The van der Waals surface area contributed by atoms with Crippen molar-refractivity contribution in [1.29, 1.82) is 0 Å². The zero-order valence-corrected chi connectivity index (χ0v) is 13.3. The van der Waals surface area contributed by atoms with Gasteiger partial charge in [0.25, 0.3) is 0 Å². The van der Waals surface area contributed by atoms with Crippen LogP contribution in [0.2, 0.25) is 5.02 Å². The number of nitrogens with zero attached hydrogens (tertiary/aromatic N) is 1. The van der Waals surface area contributed by atoms with Gasteiger partial charge in [-0.05, 0) is 38.1 Å². The molecule has 0 aliphatic heterocycles. The van der Waals surface area contributed by atoms with Crippen LogP contribution in [0.4, 0.5) is 11.4 Å². The van der Waals surface area contributed by atoms with E-state index < -0.39 is 0 Å². The molecule has 2 rings (SSSR count). The summed E-state index contributed by atoms with van der Waals surface area (Å²) in [6.07, 6.45) is 6.95. The third kappa shape index (κ3) is 4.90. The average molecular weight is 310 g/mol. The first-order chi connectivity index (χ1) is 10.1. The summed E-state index contributed by atoms with van der Waals surface area (Å²) in [5.74, 6) is -0.00770. The van der Waals surface area contributed by atoms with E-state index in [0.29, 0.717) is 28.9 Å². The Hall–Kier alpha value is -1.26. The van der Waals surface area contributed by atoms with Crippen LogP contribution in [0.3, 0.4) is 0 Å². The zero-order chi connectivity index (χ0) is 15.2. The van der Waals surface area contributed by atoms with E-state index in [1.807, 2.05) is 0 Å². The first kappa shape index (κ1) is 16.1. The third-order valence-electron chi connectivity index (χ3n) is 4.18. The smallest absolute Gasteiger partial charge is 0.225 e. The molecule has 0 unspecified atom stereocenters. The molecule has 0 aromatic heterocycles. The molecule has 1 aliphatic carbocycles. The highest BCUT2D eigenvalue weighted by Gasteiger charge is 2.18. The quantitative estimate of drug-likeness (QED) is 0.818. The van der Waals surface area contributed by atoms with E-state index in [-0.39, 0.29) is 5.91 Å². The van der Waals surface area contributed by atoms with Gasteiger partial charge in [0, 0.05) is 24.0 Å². The van der Waals surface area contributed by atoms with Gasteiger partial charge >= 0.3 is 0 Å². The fraction of sp³-hybridized carbons (Fsp3) is 0.562. The standard InChI is InChI=1S/C16H24ClN3O/c1-20(13-5-3-2-4-6-13)10-9-16(21)19-15-8-7-12(17)11-14(15)18/h7-8,11,13H,2-6,9-10,18H2,1H3,(H,19,21). The van der Waals surface area contributed by atoms with Gasteiger partial charge in [-0.1, -0.05) is 30.9 Å². The van der Waals surface area contributed by atoms with Crippen molar-refractivity contribution in [1.82, 2.24) is 4.90 Å². The van der Waals surface area contributed by atoms with Crippen molar-refractivity contribution >= 4 is 28.9 Å². The van der Waals surface area contributed by atoms with Crippen molar-refractivity contribution in [3.05, 3.63) is 23.2 Å². The predicted octanol–water partition coefficient (Wildman–Crippen LogP) is 3.52. The lowest BCUT2D eigenvalue weighted by Crippen LogP contribution is -2.35. The maximum Gasteiger partial charge on any atom is 0.225 e. The van der Waals surface area contributed by atoms with E-state index in [4.69, 9.17) is 17.3 Å². The molecule has 1 amide bonds. The van der Waals surface area contributed by atoms with E-state index in [1.54, 1.807) is 18.2 Å². The van der Waals surface area contributed by atoms with E-state index in [2.05, 4.69) is 17.3 Å². The predicted molar refractivity (Wildman–Crippen MR) is 88.6 cm³/mol. The molecule has 1 aromatic rings. The molecule has 1 aliphatic rings. The van der Waals surface area contributed by atoms with E-state index >= 15 is 0 Å². The Morgan fingerprint density at radius 1 is 1.38 bits per heavy atom. The van der Waals surface area contributed by atoms with Crippen molar-refractivity contribution in [3.63, 3.8) is 0 Å². The molecule has 3 N–H and O–H groups in total. The lowest BCUT2D eigenvalue weighted by molar-refractivity contribution is -0.116. The molecule has 0 atom stereocenters. The molecule has 0 spiro atoms. The number of benzene rings is 1. The van der Waals surface area contributed by atoms with Crippen LogP contribution < -0.4 is 11.1 Å². The van der Waals surface area contributed by atoms with Crippen LogP contribution >= 0.6 is 11.6 Å². The maximum atomic E-state index is 12.0. The summed E-state index contributed by atoms with van der Waals surface area (Å²) in [6, 6.07) is 5.74. The summed E-state index contributed by atoms with van der Waals surface area (Å²) in [4.78, 5) is 14.3. The molecule has 5 heteroatoms. The Kier molecular flexibility index (Phi) is 5.88. The molecule has 21 heavy (non-hydrogen) atoms. The number of hydrogen-bond donors (Lipinski definition) is 2. The van der Waals surface area contributed by atoms with Gasteiger partial charge in [-0.25, -0.2) is 0 Å². The SMILES string of the molecule is CN(CCC(=O)Nc1ccc(Cl)cc1N)C1CCCCC1. The number of rotatable bonds is 5.